The van der Waals surface area contributed by atoms with E-state index in [0.29, 0.717) is 19.3 Å². The molecule has 0 N–H and O–H groups in total. The van der Waals surface area contributed by atoms with Gasteiger partial charge in [-0.1, -0.05) is 250 Å². The first-order valence-electron chi connectivity index (χ1n) is 30.5. The van der Waals surface area contributed by atoms with Crippen LogP contribution >= 0.6 is 0 Å². The molecular weight excluding hydrogens is 853 g/mol. The number of allylic oxidation sites excluding steroid dienone is 6. The summed E-state index contributed by atoms with van der Waals surface area (Å²) in [6, 6.07) is 0. The van der Waals surface area contributed by atoms with E-state index < -0.39 is 6.10 Å². The van der Waals surface area contributed by atoms with Gasteiger partial charge in [0, 0.05) is 19.3 Å². The molecule has 1 atom stereocenters. The van der Waals surface area contributed by atoms with E-state index in [0.717, 1.165) is 57.8 Å². The van der Waals surface area contributed by atoms with Crippen LogP contribution in [-0.4, -0.2) is 37.2 Å². The van der Waals surface area contributed by atoms with Crippen LogP contribution in [0.1, 0.15) is 329 Å². The van der Waals surface area contributed by atoms with Crippen molar-refractivity contribution in [3.05, 3.63) is 36.5 Å². The molecule has 0 spiro atoms. The molecule has 0 aliphatic heterocycles. The Morgan fingerprint density at radius 3 is 0.739 bits per heavy atom. The van der Waals surface area contributed by atoms with Gasteiger partial charge < -0.3 is 14.2 Å². The zero-order valence-corrected chi connectivity index (χ0v) is 46.3. The largest absolute Gasteiger partial charge is 0.462 e. The topological polar surface area (TPSA) is 78.9 Å². The summed E-state index contributed by atoms with van der Waals surface area (Å²) < 4.78 is 16.9. The molecule has 0 fully saturated rings. The molecule has 6 heteroatoms. The van der Waals surface area contributed by atoms with Gasteiger partial charge >= 0.3 is 17.9 Å². The van der Waals surface area contributed by atoms with Crippen molar-refractivity contribution in [3.8, 4) is 0 Å². The van der Waals surface area contributed by atoms with E-state index in [4.69, 9.17) is 14.2 Å². The van der Waals surface area contributed by atoms with Crippen molar-refractivity contribution in [1.29, 1.82) is 0 Å². The van der Waals surface area contributed by atoms with Crippen molar-refractivity contribution >= 4 is 17.9 Å². The molecule has 0 heterocycles. The number of rotatable bonds is 56. The van der Waals surface area contributed by atoms with Gasteiger partial charge in [-0.3, -0.25) is 14.4 Å². The molecule has 0 unspecified atom stereocenters. The molecule has 0 aromatic rings. The zero-order valence-electron chi connectivity index (χ0n) is 46.3. The summed E-state index contributed by atoms with van der Waals surface area (Å²) >= 11 is 0. The van der Waals surface area contributed by atoms with Crippen molar-refractivity contribution in [1.82, 2.24) is 0 Å². The number of hydrogen-bond acceptors (Lipinski definition) is 6. The number of ether oxygens (including phenoxy) is 3. The third-order valence-electron chi connectivity index (χ3n) is 13.6. The van der Waals surface area contributed by atoms with Crippen LogP contribution in [0.3, 0.4) is 0 Å². The maximum Gasteiger partial charge on any atom is 0.306 e. The predicted molar refractivity (Wildman–Crippen MR) is 298 cm³/mol. The minimum atomic E-state index is -0.776. The van der Waals surface area contributed by atoms with Crippen molar-refractivity contribution in [2.75, 3.05) is 13.2 Å². The second kappa shape index (κ2) is 58.2. The van der Waals surface area contributed by atoms with Crippen molar-refractivity contribution in [2.24, 2.45) is 0 Å². The summed E-state index contributed by atoms with van der Waals surface area (Å²) in [5.41, 5.74) is 0. The normalized spacial score (nSPS) is 12.2. The summed E-state index contributed by atoms with van der Waals surface area (Å²) in [5.74, 6) is -0.866. The summed E-state index contributed by atoms with van der Waals surface area (Å²) in [7, 11) is 0. The lowest BCUT2D eigenvalue weighted by atomic mass is 10.1. The van der Waals surface area contributed by atoms with Crippen LogP contribution in [0.5, 0.6) is 0 Å². The van der Waals surface area contributed by atoms with Crippen molar-refractivity contribution in [2.45, 2.75) is 335 Å². The van der Waals surface area contributed by atoms with Gasteiger partial charge in [-0.25, -0.2) is 0 Å². The minimum absolute atomic E-state index is 0.0737. The molecule has 404 valence electrons. The van der Waals surface area contributed by atoms with Gasteiger partial charge in [-0.05, 0) is 96.3 Å². The first kappa shape index (κ1) is 66.6. The fraction of sp³-hybridized carbons (Fsp3) is 0.857. The van der Waals surface area contributed by atoms with Crippen LogP contribution in [-0.2, 0) is 28.6 Å². The Hall–Kier alpha value is -2.37. The maximum atomic E-state index is 12.9. The third kappa shape index (κ3) is 56.4. The fourth-order valence-corrected chi connectivity index (χ4v) is 8.96. The Morgan fingerprint density at radius 1 is 0.275 bits per heavy atom. The van der Waals surface area contributed by atoms with Crippen LogP contribution in [0.15, 0.2) is 36.5 Å². The molecule has 0 aromatic carbocycles. The molecule has 0 amide bonds. The summed E-state index contributed by atoms with van der Waals surface area (Å²) in [6.45, 7) is 6.66. The van der Waals surface area contributed by atoms with Crippen LogP contribution < -0.4 is 0 Å². The first-order chi connectivity index (χ1) is 34.0. The second-order valence-corrected chi connectivity index (χ2v) is 20.6. The lowest BCUT2D eigenvalue weighted by Gasteiger charge is -2.18. The van der Waals surface area contributed by atoms with E-state index in [9.17, 15) is 14.4 Å². The highest BCUT2D eigenvalue weighted by atomic mass is 16.6. The standard InChI is InChI=1S/C63H116O6/c1-4-7-10-13-16-19-22-25-28-30-31-33-35-38-41-44-47-50-53-56-62(65)68-59-60(58-67-61(64)55-52-49-46-43-40-37-34-27-24-21-18-15-12-9-6-3)69-63(66)57-54-51-48-45-42-39-36-32-29-26-23-20-17-14-11-8-5-2/h21,24-26,28-29,60H,4-20,22-23,27,30-59H2,1-3H3/b24-21-,28-25-,29-26-/t60-/m0/s1. The van der Waals surface area contributed by atoms with Crippen LogP contribution in [0.25, 0.3) is 0 Å². The molecule has 0 rings (SSSR count). The van der Waals surface area contributed by atoms with Crippen LogP contribution in [0.4, 0.5) is 0 Å². The highest BCUT2D eigenvalue weighted by Crippen LogP contribution is 2.16. The highest BCUT2D eigenvalue weighted by Gasteiger charge is 2.19. The average Bonchev–Trinajstić information content (AvgIpc) is 3.35. The van der Waals surface area contributed by atoms with E-state index in [-0.39, 0.29) is 31.1 Å². The number of carbonyl (C=O) groups is 3. The van der Waals surface area contributed by atoms with E-state index in [1.165, 1.54) is 231 Å². The Kier molecular flexibility index (Phi) is 56.2. The monoisotopic (exact) mass is 969 g/mol. The lowest BCUT2D eigenvalue weighted by Crippen LogP contribution is -2.30. The number of carbonyl (C=O) groups excluding carboxylic acids is 3. The molecule has 0 radical (unpaired) electrons. The van der Waals surface area contributed by atoms with E-state index in [1.54, 1.807) is 0 Å². The summed E-state index contributed by atoms with van der Waals surface area (Å²) in [6.07, 6.45) is 69.9. The van der Waals surface area contributed by atoms with Gasteiger partial charge in [-0.15, -0.1) is 0 Å². The Labute approximate surface area is 429 Å². The van der Waals surface area contributed by atoms with Gasteiger partial charge in [-0.2, -0.15) is 0 Å². The molecule has 69 heavy (non-hydrogen) atoms. The number of hydrogen-bond donors (Lipinski definition) is 0. The highest BCUT2D eigenvalue weighted by molar-refractivity contribution is 5.71. The Balaban J connectivity index is 4.34. The predicted octanol–water partition coefficient (Wildman–Crippen LogP) is 20.4. The first-order valence-corrected chi connectivity index (χ1v) is 30.5. The molecule has 0 saturated carbocycles. The summed E-state index contributed by atoms with van der Waals surface area (Å²) in [4.78, 5) is 38.2. The van der Waals surface area contributed by atoms with Crippen molar-refractivity contribution in [3.63, 3.8) is 0 Å². The zero-order chi connectivity index (χ0) is 50.0. The second-order valence-electron chi connectivity index (χ2n) is 20.6. The van der Waals surface area contributed by atoms with Gasteiger partial charge in [0.05, 0.1) is 0 Å². The number of unbranched alkanes of at least 4 members (excludes halogenated alkanes) is 39. The maximum absolute atomic E-state index is 12.9. The molecule has 0 aliphatic carbocycles. The Morgan fingerprint density at radius 2 is 0.478 bits per heavy atom. The minimum Gasteiger partial charge on any atom is -0.462 e. The third-order valence-corrected chi connectivity index (χ3v) is 13.6. The van der Waals surface area contributed by atoms with Gasteiger partial charge in [0.2, 0.25) is 0 Å². The van der Waals surface area contributed by atoms with E-state index >= 15 is 0 Å². The Bertz CT molecular complexity index is 1160. The molecular formula is C63H116O6. The van der Waals surface area contributed by atoms with Gasteiger partial charge in [0.1, 0.15) is 13.2 Å². The average molecular weight is 970 g/mol. The van der Waals surface area contributed by atoms with Crippen molar-refractivity contribution < 1.29 is 28.6 Å². The van der Waals surface area contributed by atoms with E-state index in [1.807, 2.05) is 0 Å². The van der Waals surface area contributed by atoms with Crippen LogP contribution in [0, 0.1) is 0 Å². The molecule has 0 aliphatic rings. The van der Waals surface area contributed by atoms with E-state index in [2.05, 4.69) is 57.2 Å². The fourth-order valence-electron chi connectivity index (χ4n) is 8.96. The molecule has 0 bridgehead atoms. The molecule has 6 nitrogen and oxygen atoms in total. The quantitative estimate of drug-likeness (QED) is 0.0261. The van der Waals surface area contributed by atoms with Crippen LogP contribution in [0.2, 0.25) is 0 Å². The lowest BCUT2D eigenvalue weighted by molar-refractivity contribution is -0.167. The smallest absolute Gasteiger partial charge is 0.306 e. The molecule has 0 aromatic heterocycles. The van der Waals surface area contributed by atoms with Gasteiger partial charge in [0.15, 0.2) is 6.10 Å². The van der Waals surface area contributed by atoms with Gasteiger partial charge in [0.25, 0.3) is 0 Å². The molecule has 0 saturated heterocycles. The number of esters is 3. The SMILES string of the molecule is CCCCCC/C=C\CCCCCCCCCC(=O)OC[C@@H](COC(=O)CCCCCCCCCCC/C=C\CCCCCCCC)OC(=O)CCCCCCCCC/C=C\CCCCCCCC. The summed E-state index contributed by atoms with van der Waals surface area (Å²) in [5, 5.41) is 0.